The summed E-state index contributed by atoms with van der Waals surface area (Å²) in [6.07, 6.45) is 3.88. The van der Waals surface area contributed by atoms with Crippen LogP contribution in [0.25, 0.3) is 17.0 Å². The van der Waals surface area contributed by atoms with E-state index in [1.807, 2.05) is 79.9 Å². The zero-order valence-corrected chi connectivity index (χ0v) is 25.0. The van der Waals surface area contributed by atoms with E-state index in [4.69, 9.17) is 21.1 Å². The quantitative estimate of drug-likeness (QED) is 0.196. The summed E-state index contributed by atoms with van der Waals surface area (Å²) in [7, 11) is 0. The Bertz CT molecular complexity index is 1670. The van der Waals surface area contributed by atoms with Crippen LogP contribution in [0.3, 0.4) is 0 Å². The predicted molar refractivity (Wildman–Crippen MR) is 167 cm³/mol. The second kappa shape index (κ2) is 12.4. The van der Waals surface area contributed by atoms with Gasteiger partial charge in [-0.2, -0.15) is 0 Å². The molecule has 40 heavy (non-hydrogen) atoms. The maximum absolute atomic E-state index is 12.8. The summed E-state index contributed by atoms with van der Waals surface area (Å²) in [6.45, 7) is 4.91. The number of aryl methyl sites for hydroxylation is 1. The Hall–Kier alpha value is -3.46. The standard InChI is InChI=1S/C31H26BrClN2O4S/c1-3-38-31(37)28-29(36)27(40-30(28)34-22-11-8-19(2)9-12-22)16-20-18-35(25-13-10-21(32)17-23(20)25)14-15-39-26-7-5-4-6-24(26)33/h4-13,16-18,36H,3,14-15H2,1-2H3/b27-16-,34-30?. The minimum atomic E-state index is -0.608. The first-order chi connectivity index (χ1) is 19.3. The van der Waals surface area contributed by atoms with E-state index in [0.29, 0.717) is 39.6 Å². The molecule has 0 atom stereocenters. The van der Waals surface area contributed by atoms with Gasteiger partial charge < -0.3 is 19.1 Å². The van der Waals surface area contributed by atoms with Gasteiger partial charge in [-0.25, -0.2) is 9.79 Å². The number of aliphatic hydroxyl groups excluding tert-OH is 1. The second-order valence-electron chi connectivity index (χ2n) is 9.03. The Morgan fingerprint density at radius 1 is 1.15 bits per heavy atom. The third-order valence-electron chi connectivity index (χ3n) is 6.22. The lowest BCUT2D eigenvalue weighted by molar-refractivity contribution is -0.138. The highest BCUT2D eigenvalue weighted by molar-refractivity contribution is 9.10. The average Bonchev–Trinajstić information content (AvgIpc) is 3.42. The van der Waals surface area contributed by atoms with E-state index >= 15 is 0 Å². The number of aliphatic hydroxyl groups is 1. The largest absolute Gasteiger partial charge is 0.506 e. The van der Waals surface area contributed by atoms with Crippen molar-refractivity contribution in [1.29, 1.82) is 0 Å². The minimum Gasteiger partial charge on any atom is -0.506 e. The maximum atomic E-state index is 12.8. The van der Waals surface area contributed by atoms with Crippen molar-refractivity contribution in [1.82, 2.24) is 4.57 Å². The molecule has 3 aromatic carbocycles. The zero-order chi connectivity index (χ0) is 28.2. The average molecular weight is 638 g/mol. The summed E-state index contributed by atoms with van der Waals surface area (Å²) in [5, 5.41) is 13.1. The molecule has 0 aliphatic carbocycles. The molecule has 0 fully saturated rings. The molecule has 0 radical (unpaired) electrons. The van der Waals surface area contributed by atoms with Crippen molar-refractivity contribution in [2.75, 3.05) is 13.2 Å². The van der Waals surface area contributed by atoms with Crippen LogP contribution >= 0.6 is 39.3 Å². The third kappa shape index (κ3) is 6.14. The number of carbonyl (C=O) groups is 1. The van der Waals surface area contributed by atoms with E-state index in [9.17, 15) is 9.90 Å². The monoisotopic (exact) mass is 636 g/mol. The molecule has 0 amide bonds. The van der Waals surface area contributed by atoms with Gasteiger partial charge in [0, 0.05) is 27.1 Å². The van der Waals surface area contributed by atoms with Gasteiger partial charge in [0.2, 0.25) is 0 Å². The summed E-state index contributed by atoms with van der Waals surface area (Å²) in [5.74, 6) is -0.120. The molecule has 0 saturated heterocycles. The van der Waals surface area contributed by atoms with Crippen molar-refractivity contribution in [3.05, 3.63) is 110 Å². The fraction of sp³-hybridized carbons (Fsp3) is 0.161. The number of hydrogen-bond donors (Lipinski definition) is 1. The van der Waals surface area contributed by atoms with E-state index in [0.717, 1.165) is 26.5 Å². The molecule has 1 aliphatic rings. The van der Waals surface area contributed by atoms with Crippen LogP contribution in [-0.2, 0) is 16.1 Å². The zero-order valence-electron chi connectivity index (χ0n) is 21.9. The van der Waals surface area contributed by atoms with Gasteiger partial charge in [-0.05, 0) is 62.4 Å². The van der Waals surface area contributed by atoms with Crippen molar-refractivity contribution in [2.24, 2.45) is 4.99 Å². The van der Waals surface area contributed by atoms with Gasteiger partial charge in [-0.3, -0.25) is 0 Å². The Morgan fingerprint density at radius 2 is 1.93 bits per heavy atom. The molecule has 204 valence electrons. The van der Waals surface area contributed by atoms with Gasteiger partial charge in [-0.1, -0.05) is 69.1 Å². The first-order valence-electron chi connectivity index (χ1n) is 12.7. The van der Waals surface area contributed by atoms with Crippen molar-refractivity contribution in [3.63, 3.8) is 0 Å². The summed E-state index contributed by atoms with van der Waals surface area (Å²) >= 11 is 11.1. The van der Waals surface area contributed by atoms with Crippen molar-refractivity contribution >= 4 is 73.0 Å². The number of aliphatic imine (C=N–C) groups is 1. The normalized spacial score (nSPS) is 15.4. The van der Waals surface area contributed by atoms with Crippen LogP contribution in [0.4, 0.5) is 5.69 Å². The number of hydrogen-bond acceptors (Lipinski definition) is 6. The van der Waals surface area contributed by atoms with E-state index in [1.165, 1.54) is 11.8 Å². The number of fused-ring (bicyclic) bond motifs is 1. The molecule has 1 aromatic heterocycles. The number of thioether (sulfide) groups is 1. The highest BCUT2D eigenvalue weighted by atomic mass is 79.9. The van der Waals surface area contributed by atoms with E-state index in [2.05, 4.69) is 25.5 Å². The first-order valence-corrected chi connectivity index (χ1v) is 14.6. The van der Waals surface area contributed by atoms with Crippen LogP contribution in [0.5, 0.6) is 5.75 Å². The summed E-state index contributed by atoms with van der Waals surface area (Å²) in [4.78, 5) is 18.0. The van der Waals surface area contributed by atoms with E-state index < -0.39 is 5.97 Å². The lowest BCUT2D eigenvalue weighted by atomic mass is 10.1. The van der Waals surface area contributed by atoms with Gasteiger partial charge in [0.05, 0.1) is 28.8 Å². The van der Waals surface area contributed by atoms with Crippen molar-refractivity contribution in [3.8, 4) is 5.75 Å². The number of aromatic nitrogens is 1. The Morgan fingerprint density at radius 3 is 2.67 bits per heavy atom. The summed E-state index contributed by atoms with van der Waals surface area (Å²) in [5.41, 5.74) is 3.73. The van der Waals surface area contributed by atoms with Crippen LogP contribution in [-0.4, -0.2) is 33.9 Å². The number of carbonyl (C=O) groups excluding carboxylic acids is 1. The lowest BCUT2D eigenvalue weighted by Crippen LogP contribution is -2.12. The fourth-order valence-electron chi connectivity index (χ4n) is 4.28. The number of esters is 1. The smallest absolute Gasteiger partial charge is 0.344 e. The van der Waals surface area contributed by atoms with Gasteiger partial charge in [0.15, 0.2) is 0 Å². The molecule has 2 heterocycles. The number of rotatable bonds is 8. The van der Waals surface area contributed by atoms with Gasteiger partial charge in [0.25, 0.3) is 0 Å². The number of halogens is 2. The molecule has 9 heteroatoms. The molecule has 5 rings (SSSR count). The summed E-state index contributed by atoms with van der Waals surface area (Å²) in [6, 6.07) is 21.1. The second-order valence-corrected chi connectivity index (χ2v) is 11.4. The fourth-order valence-corrected chi connectivity index (χ4v) is 5.86. The molecule has 4 aromatic rings. The Balaban J connectivity index is 1.50. The van der Waals surface area contributed by atoms with Gasteiger partial charge in [-0.15, -0.1) is 0 Å². The highest BCUT2D eigenvalue weighted by Crippen LogP contribution is 2.41. The molecular formula is C31H26BrClN2O4S. The third-order valence-corrected chi connectivity index (χ3v) is 8.05. The van der Waals surface area contributed by atoms with Gasteiger partial charge in [0.1, 0.15) is 28.7 Å². The minimum absolute atomic E-state index is 0.0664. The predicted octanol–water partition coefficient (Wildman–Crippen LogP) is 8.64. The number of ether oxygens (including phenoxy) is 2. The molecule has 0 saturated carbocycles. The molecule has 0 spiro atoms. The topological polar surface area (TPSA) is 73.0 Å². The molecule has 0 bridgehead atoms. The number of para-hydroxylation sites is 1. The molecule has 1 aliphatic heterocycles. The molecular weight excluding hydrogens is 612 g/mol. The van der Waals surface area contributed by atoms with Crippen LogP contribution in [0.2, 0.25) is 5.02 Å². The summed E-state index contributed by atoms with van der Waals surface area (Å²) < 4.78 is 14.2. The van der Waals surface area contributed by atoms with E-state index in [1.54, 1.807) is 13.0 Å². The van der Waals surface area contributed by atoms with E-state index in [-0.39, 0.29) is 17.9 Å². The number of nitrogens with zero attached hydrogens (tertiary/aromatic N) is 2. The first kappa shape index (κ1) is 28.1. The highest BCUT2D eigenvalue weighted by Gasteiger charge is 2.33. The molecule has 6 nitrogen and oxygen atoms in total. The number of benzene rings is 3. The maximum Gasteiger partial charge on any atom is 0.344 e. The van der Waals surface area contributed by atoms with Crippen LogP contribution in [0.1, 0.15) is 18.1 Å². The Kier molecular flexibility index (Phi) is 8.69. The van der Waals surface area contributed by atoms with Crippen LogP contribution in [0.15, 0.2) is 98.6 Å². The lowest BCUT2D eigenvalue weighted by Gasteiger charge is -2.09. The van der Waals surface area contributed by atoms with Crippen LogP contribution < -0.4 is 4.74 Å². The molecule has 0 unspecified atom stereocenters. The van der Waals surface area contributed by atoms with Crippen molar-refractivity contribution < 1.29 is 19.4 Å². The van der Waals surface area contributed by atoms with Gasteiger partial charge >= 0.3 is 5.97 Å². The molecule has 1 N–H and O–H groups in total. The Labute approximate surface area is 250 Å². The van der Waals surface area contributed by atoms with Crippen molar-refractivity contribution in [2.45, 2.75) is 20.4 Å². The SMILES string of the molecule is CCOC(=O)C1=C(O)/C(=C/c2cn(CCOc3ccccc3Cl)c3ccc(Br)cc23)SC1=Nc1ccc(C)cc1. The van der Waals surface area contributed by atoms with Crippen LogP contribution in [0, 0.1) is 6.92 Å².